The van der Waals surface area contributed by atoms with Crippen LogP contribution in [0.4, 0.5) is 0 Å². The average Bonchev–Trinajstić information content (AvgIpc) is 3.27. The van der Waals surface area contributed by atoms with Gasteiger partial charge in [-0.05, 0) is 24.3 Å². The number of aromatic nitrogens is 2. The number of aromatic amines is 1. The van der Waals surface area contributed by atoms with E-state index in [-0.39, 0.29) is 11.5 Å². The van der Waals surface area contributed by atoms with Gasteiger partial charge >= 0.3 is 0 Å². The van der Waals surface area contributed by atoms with E-state index >= 15 is 0 Å². The molecule has 1 aliphatic rings. The molecule has 3 heterocycles. The van der Waals surface area contributed by atoms with Crippen molar-refractivity contribution < 1.29 is 4.79 Å². The van der Waals surface area contributed by atoms with Crippen LogP contribution in [0.15, 0.2) is 27.7 Å². The van der Waals surface area contributed by atoms with Gasteiger partial charge in [-0.25, -0.2) is 4.98 Å². The first-order valence-electron chi connectivity index (χ1n) is 9.62. The van der Waals surface area contributed by atoms with Gasteiger partial charge in [0.1, 0.15) is 10.7 Å². The smallest absolute Gasteiger partial charge is 0.260 e. The van der Waals surface area contributed by atoms with Crippen LogP contribution in [-0.4, -0.2) is 27.7 Å². The zero-order valence-electron chi connectivity index (χ0n) is 15.5. The van der Waals surface area contributed by atoms with Gasteiger partial charge in [-0.2, -0.15) is 0 Å². The number of hydrogen-bond acceptors (Lipinski definition) is 6. The minimum Gasteiger partial charge on any atom is -0.353 e. The Morgan fingerprint density at radius 1 is 1.25 bits per heavy atom. The molecule has 1 fully saturated rings. The van der Waals surface area contributed by atoms with Crippen LogP contribution in [0.3, 0.4) is 0 Å². The third-order valence-electron chi connectivity index (χ3n) is 4.97. The number of carbonyl (C=O) groups is 1. The van der Waals surface area contributed by atoms with E-state index in [0.29, 0.717) is 28.8 Å². The quantitative estimate of drug-likeness (QED) is 0.548. The molecule has 0 spiro atoms. The number of carbonyl (C=O) groups excluding carboxylic acids is 1. The molecule has 1 saturated carbocycles. The second-order valence-electron chi connectivity index (χ2n) is 7.07. The number of thioether (sulfide) groups is 1. The lowest BCUT2D eigenvalue weighted by Crippen LogP contribution is -2.35. The molecule has 0 saturated heterocycles. The van der Waals surface area contributed by atoms with Crippen molar-refractivity contribution in [2.45, 2.75) is 50.3 Å². The number of rotatable bonds is 6. The maximum atomic E-state index is 12.6. The number of nitrogens with zero attached hydrogens (tertiary/aromatic N) is 1. The molecule has 148 valence electrons. The Morgan fingerprint density at radius 3 is 2.82 bits per heavy atom. The number of fused-ring (bicyclic) bond motifs is 1. The molecule has 1 amide bonds. The molecule has 0 aromatic carbocycles. The molecule has 3 aromatic rings. The Morgan fingerprint density at radius 2 is 2.07 bits per heavy atom. The van der Waals surface area contributed by atoms with Crippen LogP contribution >= 0.6 is 34.4 Å². The topological polar surface area (TPSA) is 74.8 Å². The minimum absolute atomic E-state index is 0.0800. The summed E-state index contributed by atoms with van der Waals surface area (Å²) in [5.74, 6) is 1.62. The van der Waals surface area contributed by atoms with Gasteiger partial charge in [-0.15, -0.1) is 34.4 Å². The molecule has 0 unspecified atom stereocenters. The van der Waals surface area contributed by atoms with Crippen LogP contribution in [0.1, 0.15) is 44.3 Å². The van der Waals surface area contributed by atoms with Crippen LogP contribution in [0, 0.1) is 0 Å². The molecule has 0 atom stereocenters. The van der Waals surface area contributed by atoms with Crippen molar-refractivity contribution >= 4 is 50.6 Å². The summed E-state index contributed by atoms with van der Waals surface area (Å²) in [4.78, 5) is 34.1. The van der Waals surface area contributed by atoms with Crippen LogP contribution < -0.4 is 10.9 Å². The van der Waals surface area contributed by atoms with Gasteiger partial charge in [0.2, 0.25) is 5.91 Å². The Kier molecular flexibility index (Phi) is 6.49. The zero-order valence-corrected chi connectivity index (χ0v) is 18.0. The SMILES string of the molecule is O=C(CSCc1nc2scc(-c3cccs3)c2c(=O)[nH]1)NC1CCCCCC1. The van der Waals surface area contributed by atoms with E-state index in [2.05, 4.69) is 15.3 Å². The van der Waals surface area contributed by atoms with Crippen molar-refractivity contribution in [1.82, 2.24) is 15.3 Å². The highest BCUT2D eigenvalue weighted by molar-refractivity contribution is 7.99. The Balaban J connectivity index is 1.36. The molecule has 2 N–H and O–H groups in total. The first kappa shape index (κ1) is 19.7. The van der Waals surface area contributed by atoms with E-state index < -0.39 is 0 Å². The van der Waals surface area contributed by atoms with Crippen molar-refractivity contribution in [1.29, 1.82) is 0 Å². The van der Waals surface area contributed by atoms with Gasteiger partial charge in [0, 0.05) is 21.9 Å². The van der Waals surface area contributed by atoms with E-state index in [9.17, 15) is 9.59 Å². The van der Waals surface area contributed by atoms with E-state index in [4.69, 9.17) is 0 Å². The van der Waals surface area contributed by atoms with Crippen molar-refractivity contribution in [3.05, 3.63) is 39.1 Å². The van der Waals surface area contributed by atoms with Gasteiger partial charge in [0.05, 0.1) is 16.9 Å². The largest absolute Gasteiger partial charge is 0.353 e. The lowest BCUT2D eigenvalue weighted by atomic mass is 10.1. The highest BCUT2D eigenvalue weighted by Crippen LogP contribution is 2.33. The summed E-state index contributed by atoms with van der Waals surface area (Å²) >= 11 is 4.60. The third kappa shape index (κ3) is 4.67. The van der Waals surface area contributed by atoms with Gasteiger partial charge in [0.25, 0.3) is 5.56 Å². The first-order chi connectivity index (χ1) is 13.7. The monoisotopic (exact) mass is 433 g/mol. The highest BCUT2D eigenvalue weighted by Gasteiger charge is 2.16. The van der Waals surface area contributed by atoms with Gasteiger partial charge in [-0.3, -0.25) is 9.59 Å². The molecule has 28 heavy (non-hydrogen) atoms. The second-order valence-corrected chi connectivity index (χ2v) is 9.86. The predicted octanol–water partition coefficient (Wildman–Crippen LogP) is 4.79. The molecule has 0 bridgehead atoms. The Bertz CT molecular complexity index is 986. The molecular formula is C20H23N3O2S3. The lowest BCUT2D eigenvalue weighted by Gasteiger charge is -2.15. The minimum atomic E-state index is -0.104. The second kappa shape index (κ2) is 9.24. The van der Waals surface area contributed by atoms with E-state index in [0.717, 1.165) is 28.1 Å². The maximum Gasteiger partial charge on any atom is 0.260 e. The summed E-state index contributed by atoms with van der Waals surface area (Å²) in [7, 11) is 0. The summed E-state index contributed by atoms with van der Waals surface area (Å²) < 4.78 is 0. The van der Waals surface area contributed by atoms with Crippen molar-refractivity contribution in [3.63, 3.8) is 0 Å². The Hall–Kier alpha value is -1.64. The normalized spacial score (nSPS) is 15.6. The summed E-state index contributed by atoms with van der Waals surface area (Å²) in [5, 5.41) is 7.82. The summed E-state index contributed by atoms with van der Waals surface area (Å²) in [6, 6.07) is 4.32. The van der Waals surface area contributed by atoms with Crippen LogP contribution in [0.2, 0.25) is 0 Å². The predicted molar refractivity (Wildman–Crippen MR) is 119 cm³/mol. The van der Waals surface area contributed by atoms with E-state index in [1.54, 1.807) is 11.3 Å². The maximum absolute atomic E-state index is 12.6. The van der Waals surface area contributed by atoms with Crippen molar-refractivity contribution in [3.8, 4) is 10.4 Å². The molecule has 4 rings (SSSR count). The van der Waals surface area contributed by atoms with E-state index in [1.807, 2.05) is 22.9 Å². The average molecular weight is 434 g/mol. The number of nitrogens with one attached hydrogen (secondary N) is 2. The van der Waals surface area contributed by atoms with E-state index in [1.165, 1.54) is 48.8 Å². The standard InChI is InChI=1S/C20H23N3O2S3/c24-17(21-13-6-3-1-2-4-7-13)12-26-11-16-22-19(25)18-14(10-28-20(18)23-16)15-8-5-9-27-15/h5,8-10,13H,1-4,6-7,11-12H2,(H,21,24)(H,22,23,25). The fourth-order valence-electron chi connectivity index (χ4n) is 3.61. The number of hydrogen-bond donors (Lipinski definition) is 2. The van der Waals surface area contributed by atoms with Crippen molar-refractivity contribution in [2.75, 3.05) is 5.75 Å². The summed E-state index contributed by atoms with van der Waals surface area (Å²) in [6.45, 7) is 0. The first-order valence-corrected chi connectivity index (χ1v) is 12.5. The third-order valence-corrected chi connectivity index (χ3v) is 7.69. The fraction of sp³-hybridized carbons (Fsp3) is 0.450. The van der Waals surface area contributed by atoms with Gasteiger partial charge < -0.3 is 10.3 Å². The van der Waals surface area contributed by atoms with Crippen LogP contribution in [0.25, 0.3) is 20.7 Å². The summed E-state index contributed by atoms with van der Waals surface area (Å²) in [6.07, 6.45) is 7.15. The Labute approximate surface area is 176 Å². The van der Waals surface area contributed by atoms with Gasteiger partial charge in [0.15, 0.2) is 0 Å². The number of thiophene rings is 2. The molecule has 3 aromatic heterocycles. The number of amides is 1. The highest BCUT2D eigenvalue weighted by atomic mass is 32.2. The van der Waals surface area contributed by atoms with Crippen LogP contribution in [-0.2, 0) is 10.5 Å². The zero-order chi connectivity index (χ0) is 19.3. The molecule has 8 heteroatoms. The van der Waals surface area contributed by atoms with Gasteiger partial charge in [-0.1, -0.05) is 31.7 Å². The molecule has 0 aliphatic heterocycles. The van der Waals surface area contributed by atoms with Crippen LogP contribution in [0.5, 0.6) is 0 Å². The summed E-state index contributed by atoms with van der Waals surface area (Å²) in [5.41, 5.74) is 0.846. The lowest BCUT2D eigenvalue weighted by molar-refractivity contribution is -0.119. The molecular weight excluding hydrogens is 410 g/mol. The fourth-order valence-corrected chi connectivity index (χ4v) is 6.09. The molecule has 0 radical (unpaired) electrons. The van der Waals surface area contributed by atoms with Crippen molar-refractivity contribution in [2.24, 2.45) is 0 Å². The molecule has 1 aliphatic carbocycles. The molecule has 5 nitrogen and oxygen atoms in total. The number of H-pyrrole nitrogens is 1.